The van der Waals surface area contributed by atoms with Gasteiger partial charge >= 0.3 is 39.5 Å². The van der Waals surface area contributed by atoms with Crippen LogP contribution in [0.3, 0.4) is 0 Å². The summed E-state index contributed by atoms with van der Waals surface area (Å²) in [5, 5.41) is 10.6. The Morgan fingerprint density at radius 3 is 0.701 bits per heavy atom. The Balaban J connectivity index is 5.25. The molecule has 576 valence electrons. The zero-order chi connectivity index (χ0) is 71.4. The van der Waals surface area contributed by atoms with Crippen LogP contribution in [0, 0.1) is 11.8 Å². The Morgan fingerprint density at radius 1 is 0.278 bits per heavy atom. The first-order chi connectivity index (χ1) is 46.9. The van der Waals surface area contributed by atoms with E-state index in [0.29, 0.717) is 31.6 Å². The molecule has 0 aliphatic heterocycles. The van der Waals surface area contributed by atoms with Gasteiger partial charge in [0.25, 0.3) is 0 Å². The fraction of sp³-hybridized carbons (Fsp3) is 0.949. The average Bonchev–Trinajstić information content (AvgIpc) is 1.61. The molecule has 0 amide bonds. The van der Waals surface area contributed by atoms with E-state index in [4.69, 9.17) is 37.0 Å². The molecule has 3 N–H and O–H groups in total. The smallest absolute Gasteiger partial charge is 0.462 e. The first kappa shape index (κ1) is 95.1. The van der Waals surface area contributed by atoms with Gasteiger partial charge in [0.1, 0.15) is 19.3 Å². The minimum atomic E-state index is -4.96. The van der Waals surface area contributed by atoms with Crippen LogP contribution in [0.2, 0.25) is 0 Å². The summed E-state index contributed by atoms with van der Waals surface area (Å²) in [6.07, 6.45) is 58.3. The average molecular weight is 1420 g/mol. The van der Waals surface area contributed by atoms with Gasteiger partial charge in [-0.3, -0.25) is 37.3 Å². The topological polar surface area (TPSA) is 237 Å². The highest BCUT2D eigenvalue weighted by Gasteiger charge is 2.30. The van der Waals surface area contributed by atoms with Gasteiger partial charge in [0, 0.05) is 25.7 Å². The number of carbonyl (C=O) groups is 4. The summed E-state index contributed by atoms with van der Waals surface area (Å²) < 4.78 is 68.6. The largest absolute Gasteiger partial charge is 0.472 e. The van der Waals surface area contributed by atoms with Crippen LogP contribution in [0.15, 0.2) is 0 Å². The van der Waals surface area contributed by atoms with Crippen molar-refractivity contribution in [2.24, 2.45) is 11.8 Å². The number of esters is 4. The third kappa shape index (κ3) is 72.2. The zero-order valence-corrected chi connectivity index (χ0v) is 65.2. The highest BCUT2D eigenvalue weighted by Crippen LogP contribution is 2.45. The van der Waals surface area contributed by atoms with E-state index >= 15 is 0 Å². The van der Waals surface area contributed by atoms with E-state index in [1.807, 2.05) is 0 Å². The third-order valence-corrected chi connectivity index (χ3v) is 20.1. The fourth-order valence-corrected chi connectivity index (χ4v) is 13.6. The summed E-state index contributed by atoms with van der Waals surface area (Å²) >= 11 is 0. The second-order valence-electron chi connectivity index (χ2n) is 29.1. The number of aliphatic hydroxyl groups excluding tert-OH is 1. The Bertz CT molecular complexity index is 1870. The number of rotatable bonds is 77. The molecule has 0 rings (SSSR count). The molecular formula is C78H152O17P2. The monoisotopic (exact) mass is 1420 g/mol. The first-order valence-electron chi connectivity index (χ1n) is 40.5. The Hall–Kier alpha value is -1.94. The second kappa shape index (κ2) is 69.8. The van der Waals surface area contributed by atoms with Gasteiger partial charge in [-0.2, -0.15) is 0 Å². The van der Waals surface area contributed by atoms with Gasteiger partial charge in [-0.15, -0.1) is 0 Å². The molecule has 0 aliphatic carbocycles. The molecule has 0 aromatic carbocycles. The molecule has 17 nitrogen and oxygen atoms in total. The maximum absolute atomic E-state index is 13.1. The Labute approximate surface area is 594 Å². The van der Waals surface area contributed by atoms with Crippen molar-refractivity contribution in [1.82, 2.24) is 0 Å². The van der Waals surface area contributed by atoms with Crippen LogP contribution in [0.4, 0.5) is 0 Å². The first-order valence-corrected chi connectivity index (χ1v) is 43.5. The summed E-state index contributed by atoms with van der Waals surface area (Å²) in [6, 6.07) is 0. The van der Waals surface area contributed by atoms with E-state index in [0.717, 1.165) is 102 Å². The normalized spacial score (nSPS) is 14.0. The third-order valence-electron chi connectivity index (χ3n) is 18.2. The number of unbranched alkanes of at least 4 members (excludes halogenated alkanes) is 47. The number of aliphatic hydroxyl groups is 1. The van der Waals surface area contributed by atoms with E-state index in [1.165, 1.54) is 218 Å². The van der Waals surface area contributed by atoms with Crippen LogP contribution in [0.25, 0.3) is 0 Å². The van der Waals surface area contributed by atoms with Crippen LogP contribution in [-0.2, 0) is 65.4 Å². The second-order valence-corrected chi connectivity index (χ2v) is 32.0. The molecule has 5 atom stereocenters. The maximum Gasteiger partial charge on any atom is 0.472 e. The lowest BCUT2D eigenvalue weighted by Gasteiger charge is -2.21. The lowest BCUT2D eigenvalue weighted by atomic mass is 10.0. The predicted molar refractivity (Wildman–Crippen MR) is 395 cm³/mol. The molecule has 2 unspecified atom stereocenters. The Morgan fingerprint density at radius 2 is 0.474 bits per heavy atom. The number of carbonyl (C=O) groups excluding carboxylic acids is 4. The van der Waals surface area contributed by atoms with Gasteiger partial charge in [-0.1, -0.05) is 356 Å². The van der Waals surface area contributed by atoms with Crippen molar-refractivity contribution < 1.29 is 80.2 Å². The van der Waals surface area contributed by atoms with E-state index < -0.39 is 97.5 Å². The fourth-order valence-electron chi connectivity index (χ4n) is 12.0. The molecule has 0 bridgehead atoms. The van der Waals surface area contributed by atoms with Gasteiger partial charge in [-0.05, 0) is 37.5 Å². The van der Waals surface area contributed by atoms with Crippen molar-refractivity contribution >= 4 is 39.5 Å². The van der Waals surface area contributed by atoms with Gasteiger partial charge in [0.05, 0.1) is 26.4 Å². The quantitative estimate of drug-likeness (QED) is 0.0222. The summed E-state index contributed by atoms with van der Waals surface area (Å²) in [4.78, 5) is 72.9. The van der Waals surface area contributed by atoms with Crippen LogP contribution in [0.1, 0.15) is 408 Å². The van der Waals surface area contributed by atoms with Gasteiger partial charge < -0.3 is 33.8 Å². The van der Waals surface area contributed by atoms with Crippen molar-refractivity contribution in [1.29, 1.82) is 0 Å². The lowest BCUT2D eigenvalue weighted by molar-refractivity contribution is -0.161. The molecule has 0 heterocycles. The number of hydrogen-bond donors (Lipinski definition) is 3. The highest BCUT2D eigenvalue weighted by atomic mass is 31.2. The van der Waals surface area contributed by atoms with E-state index in [-0.39, 0.29) is 25.7 Å². The summed E-state index contributed by atoms with van der Waals surface area (Å²) in [7, 11) is -9.91. The van der Waals surface area contributed by atoms with Crippen molar-refractivity contribution in [3.63, 3.8) is 0 Å². The highest BCUT2D eigenvalue weighted by molar-refractivity contribution is 7.47. The molecular weight excluding hydrogens is 1270 g/mol. The van der Waals surface area contributed by atoms with Crippen molar-refractivity contribution in [2.75, 3.05) is 39.6 Å². The molecule has 0 fully saturated rings. The molecule has 0 saturated heterocycles. The number of ether oxygens (including phenoxy) is 4. The molecule has 0 radical (unpaired) electrons. The molecule has 0 aromatic heterocycles. The lowest BCUT2D eigenvalue weighted by Crippen LogP contribution is -2.30. The molecule has 0 aromatic rings. The van der Waals surface area contributed by atoms with Crippen LogP contribution in [-0.4, -0.2) is 96.7 Å². The minimum Gasteiger partial charge on any atom is -0.462 e. The zero-order valence-electron chi connectivity index (χ0n) is 63.4. The summed E-state index contributed by atoms with van der Waals surface area (Å²) in [5.41, 5.74) is 0. The van der Waals surface area contributed by atoms with E-state index in [2.05, 4.69) is 41.5 Å². The van der Waals surface area contributed by atoms with E-state index in [9.17, 15) is 43.2 Å². The minimum absolute atomic E-state index is 0.106. The van der Waals surface area contributed by atoms with E-state index in [1.54, 1.807) is 0 Å². The molecule has 0 spiro atoms. The number of phosphoric acid groups is 2. The molecule has 0 aliphatic rings. The molecule has 97 heavy (non-hydrogen) atoms. The standard InChI is InChI=1S/C78H152O17P2/c1-7-9-11-13-15-17-19-21-23-25-27-32-36-42-48-54-60-75(80)88-66-73(94-77(82)62-56-50-43-37-33-28-26-24-22-20-18-16-14-12-10-8-2)68-92-96(84,85)90-64-72(79)65-91-97(86,87)93-69-74(67-89-76(81)61-55-49-45-39-41-47-53-59-71(5)6)95-78(83)63-57-51-44-38-34-30-29-31-35-40-46-52-58-70(3)4/h70-74,79H,7-69H2,1-6H3,(H,84,85)(H,86,87)/t72-,73-,74-/m1/s1. The molecule has 0 saturated carbocycles. The maximum atomic E-state index is 13.1. The van der Waals surface area contributed by atoms with Crippen molar-refractivity contribution in [3.05, 3.63) is 0 Å². The Kier molecular flexibility index (Phi) is 68.4. The van der Waals surface area contributed by atoms with Crippen LogP contribution in [0.5, 0.6) is 0 Å². The van der Waals surface area contributed by atoms with Crippen LogP contribution >= 0.6 is 15.6 Å². The van der Waals surface area contributed by atoms with Crippen molar-refractivity contribution in [3.8, 4) is 0 Å². The van der Waals surface area contributed by atoms with Crippen LogP contribution < -0.4 is 0 Å². The summed E-state index contributed by atoms with van der Waals surface area (Å²) in [6.45, 7) is 9.57. The van der Waals surface area contributed by atoms with Gasteiger partial charge in [-0.25, -0.2) is 9.13 Å². The number of hydrogen-bond acceptors (Lipinski definition) is 15. The molecule has 19 heteroatoms. The SMILES string of the molecule is CCCCCCCCCCCCCCCCCCC(=O)OC[C@H](COP(=O)(O)OC[C@@H](O)COP(=O)(O)OC[C@@H](COC(=O)CCCCCCCCCC(C)C)OC(=O)CCCCCCCCCCCCCCC(C)C)OC(=O)CCCCCCCCCCCCCCCCCC. The van der Waals surface area contributed by atoms with Gasteiger partial charge in [0.2, 0.25) is 0 Å². The number of phosphoric ester groups is 2. The summed E-state index contributed by atoms with van der Waals surface area (Å²) in [5.74, 6) is -0.630. The van der Waals surface area contributed by atoms with Crippen molar-refractivity contribution in [2.45, 2.75) is 426 Å². The predicted octanol–water partition coefficient (Wildman–Crippen LogP) is 23.1. The van der Waals surface area contributed by atoms with Gasteiger partial charge in [0.15, 0.2) is 12.2 Å².